The van der Waals surface area contributed by atoms with Gasteiger partial charge >= 0.3 is 0 Å². The number of hydrogen-bond acceptors (Lipinski definition) is 3. The average molecular weight is 780 g/mol. The molecule has 1 aromatic heterocycles. The van der Waals surface area contributed by atoms with Gasteiger partial charge < -0.3 is 0 Å². The van der Waals surface area contributed by atoms with Crippen LogP contribution in [0.15, 0.2) is 161 Å². The van der Waals surface area contributed by atoms with Crippen molar-refractivity contribution in [1.29, 1.82) is 0 Å². The highest BCUT2D eigenvalue weighted by molar-refractivity contribution is 8.33. The molecule has 3 nitrogen and oxygen atoms in total. The van der Waals surface area contributed by atoms with Crippen molar-refractivity contribution in [2.24, 2.45) is 23.7 Å². The molecule has 2 heterocycles. The van der Waals surface area contributed by atoms with Gasteiger partial charge in [0, 0.05) is 37.5 Å². The quantitative estimate of drug-likeness (QED) is 0.179. The van der Waals surface area contributed by atoms with Crippen LogP contribution in [0.1, 0.15) is 43.2 Å². The topological polar surface area (TPSA) is 38.7 Å². The smallest absolute Gasteiger partial charge is 0.164 e. The van der Waals surface area contributed by atoms with Gasteiger partial charge in [-0.3, -0.25) is 0 Å². The summed E-state index contributed by atoms with van der Waals surface area (Å²) in [5.41, 5.74) is 14.7. The van der Waals surface area contributed by atoms with Crippen molar-refractivity contribution in [2.75, 3.05) is 12.5 Å². The maximum Gasteiger partial charge on any atom is 0.164 e. The highest BCUT2D eigenvalue weighted by Crippen LogP contribution is 2.74. The second-order valence-corrected chi connectivity index (χ2v) is 21.9. The van der Waals surface area contributed by atoms with E-state index in [9.17, 15) is 0 Å². The molecule has 0 saturated heterocycles. The zero-order chi connectivity index (χ0) is 39.0. The molecular weight excluding hydrogens is 735 g/mol. The summed E-state index contributed by atoms with van der Waals surface area (Å²) in [5, 5.41) is 2.37. The van der Waals surface area contributed by atoms with Gasteiger partial charge in [0.25, 0.3) is 0 Å². The van der Waals surface area contributed by atoms with Crippen LogP contribution in [0.2, 0.25) is 0 Å². The van der Waals surface area contributed by atoms with E-state index in [1.807, 2.05) is 6.07 Å². The Morgan fingerprint density at radius 1 is 0.424 bits per heavy atom. The fourth-order valence-electron chi connectivity index (χ4n) is 13.0. The van der Waals surface area contributed by atoms with Crippen LogP contribution in [0.4, 0.5) is 0 Å². The Hall–Kier alpha value is -5.84. The van der Waals surface area contributed by atoms with Gasteiger partial charge in [0.05, 0.1) is 0 Å². The monoisotopic (exact) mass is 779 g/mol. The van der Waals surface area contributed by atoms with E-state index in [2.05, 4.69) is 158 Å². The molecule has 0 unspecified atom stereocenters. The van der Waals surface area contributed by atoms with Gasteiger partial charge in [-0.05, 0) is 142 Å². The third kappa shape index (κ3) is 4.75. The molecule has 4 saturated carbocycles. The van der Waals surface area contributed by atoms with Gasteiger partial charge in [-0.1, -0.05) is 127 Å². The minimum Gasteiger partial charge on any atom is -0.208 e. The van der Waals surface area contributed by atoms with E-state index in [0.717, 1.165) is 28.5 Å². The van der Waals surface area contributed by atoms with E-state index >= 15 is 0 Å². The predicted octanol–water partition coefficient (Wildman–Crippen LogP) is 13.9. The van der Waals surface area contributed by atoms with Gasteiger partial charge in [0.15, 0.2) is 17.5 Å². The summed E-state index contributed by atoms with van der Waals surface area (Å²) in [5.74, 6) is 5.21. The molecule has 14 rings (SSSR count). The van der Waals surface area contributed by atoms with Crippen LogP contribution in [-0.4, -0.2) is 27.5 Å². The number of benzene rings is 7. The van der Waals surface area contributed by atoms with Crippen LogP contribution >= 0.6 is 10.0 Å². The lowest BCUT2D eigenvalue weighted by molar-refractivity contribution is -0.0399. The second kappa shape index (κ2) is 12.3. The van der Waals surface area contributed by atoms with Crippen LogP contribution in [-0.2, 0) is 5.41 Å². The Balaban J connectivity index is 1.02. The van der Waals surface area contributed by atoms with E-state index < -0.39 is 10.0 Å². The van der Waals surface area contributed by atoms with Crippen molar-refractivity contribution in [3.63, 3.8) is 0 Å². The lowest BCUT2D eigenvalue weighted by atomic mass is 9.43. The summed E-state index contributed by atoms with van der Waals surface area (Å²) < 4.78 is 0. The molecule has 0 radical (unpaired) electrons. The zero-order valence-corrected chi connectivity index (χ0v) is 34.3. The van der Waals surface area contributed by atoms with Crippen molar-refractivity contribution in [3.05, 3.63) is 163 Å². The van der Waals surface area contributed by atoms with Crippen LogP contribution in [0.3, 0.4) is 0 Å². The number of fused-ring (bicyclic) bond motifs is 8. The summed E-state index contributed by atoms with van der Waals surface area (Å²) in [6.45, 7) is 0. The normalized spacial score (nSPS) is 24.2. The van der Waals surface area contributed by atoms with Crippen LogP contribution < -0.4 is 0 Å². The molecule has 0 amide bonds. The van der Waals surface area contributed by atoms with Gasteiger partial charge in [-0.25, -0.2) is 15.0 Å². The summed E-state index contributed by atoms with van der Waals surface area (Å²) in [4.78, 5) is 18.8. The van der Waals surface area contributed by atoms with Gasteiger partial charge in [-0.15, -0.1) is 0 Å². The molecule has 6 aliphatic rings. The molecule has 286 valence electrons. The van der Waals surface area contributed by atoms with E-state index in [-0.39, 0.29) is 5.41 Å². The molecule has 4 fully saturated rings. The van der Waals surface area contributed by atoms with Crippen molar-refractivity contribution in [1.82, 2.24) is 15.0 Å². The minimum atomic E-state index is -1.12. The first-order valence-electron chi connectivity index (χ1n) is 21.5. The molecule has 0 N–H and O–H groups in total. The summed E-state index contributed by atoms with van der Waals surface area (Å²) in [7, 11) is -1.12. The Morgan fingerprint density at radius 2 is 1.05 bits per heavy atom. The van der Waals surface area contributed by atoms with Gasteiger partial charge in [0.2, 0.25) is 0 Å². The molecular formula is C55H45N3S. The highest BCUT2D eigenvalue weighted by Gasteiger charge is 2.62. The van der Waals surface area contributed by atoms with Crippen molar-refractivity contribution < 1.29 is 0 Å². The number of rotatable bonds is 4. The van der Waals surface area contributed by atoms with Crippen molar-refractivity contribution >= 4 is 20.8 Å². The fourth-order valence-corrected chi connectivity index (χ4v) is 15.5. The number of hydrogen-bond donors (Lipinski definition) is 0. The largest absolute Gasteiger partial charge is 0.208 e. The summed E-state index contributed by atoms with van der Waals surface area (Å²) in [6.07, 6.45) is 11.9. The Labute approximate surface area is 348 Å². The first-order valence-corrected chi connectivity index (χ1v) is 24.0. The van der Waals surface area contributed by atoms with Gasteiger partial charge in [0.1, 0.15) is 0 Å². The van der Waals surface area contributed by atoms with E-state index in [1.54, 1.807) is 21.6 Å². The zero-order valence-electron chi connectivity index (χ0n) is 33.5. The highest BCUT2D eigenvalue weighted by atomic mass is 32.3. The first-order chi connectivity index (χ1) is 28.9. The van der Waals surface area contributed by atoms with E-state index in [0.29, 0.717) is 29.3 Å². The maximum atomic E-state index is 5.29. The molecule has 4 heteroatoms. The molecule has 5 aliphatic carbocycles. The Bertz CT molecular complexity index is 3030. The molecule has 8 aromatic rings. The molecule has 59 heavy (non-hydrogen) atoms. The van der Waals surface area contributed by atoms with Gasteiger partial charge in [-0.2, -0.15) is 10.0 Å². The third-order valence-electron chi connectivity index (χ3n) is 15.2. The lowest BCUT2D eigenvalue weighted by Crippen LogP contribution is -2.55. The van der Waals surface area contributed by atoms with Crippen molar-refractivity contribution in [3.8, 4) is 67.5 Å². The second-order valence-electron chi connectivity index (χ2n) is 18.4. The predicted molar refractivity (Wildman–Crippen MR) is 244 cm³/mol. The van der Waals surface area contributed by atoms with Crippen LogP contribution in [0.25, 0.3) is 78.3 Å². The minimum absolute atomic E-state index is 0.0476. The lowest BCUT2D eigenvalue weighted by Gasteiger charge is -2.61. The molecule has 7 aromatic carbocycles. The van der Waals surface area contributed by atoms with Crippen LogP contribution in [0.5, 0.6) is 0 Å². The third-order valence-corrected chi connectivity index (χ3v) is 18.1. The molecule has 1 aliphatic heterocycles. The van der Waals surface area contributed by atoms with E-state index in [4.69, 9.17) is 15.0 Å². The maximum absolute atomic E-state index is 5.29. The summed E-state index contributed by atoms with van der Waals surface area (Å²) in [6, 6.07) is 56.2. The van der Waals surface area contributed by atoms with Crippen LogP contribution in [0, 0.1) is 23.7 Å². The molecule has 0 atom stereocenters. The fraction of sp³-hybridized carbons (Fsp3) is 0.218. The summed E-state index contributed by atoms with van der Waals surface area (Å²) >= 11 is 0. The first kappa shape index (κ1) is 34.1. The standard InChI is InChI=1S/C55H45N3S/c1-59(2)48-19-11-10-18-45(48)51-49(59)25-24-46-50(51)44-23-22-38(32-47(44)55(46)40-27-33-26-34(29-40)30-41(55)28-33)42-16-8-9-17-43(42)54-57-52(36-13-4-3-5-14-36)56-53(58-54)39-21-20-35-12-6-7-15-37(35)31-39/h3-25,31-34,40-41H,26-30H2,1-2H3. The van der Waals surface area contributed by atoms with Crippen molar-refractivity contribution in [2.45, 2.75) is 47.3 Å². The Morgan fingerprint density at radius 3 is 1.83 bits per heavy atom. The molecule has 1 spiro atoms. The SMILES string of the molecule is CS1(C)c2ccccc2-c2c1ccc1c2-c2ccc(-c3ccccc3-c3nc(-c4ccccc4)nc(-c4ccc5ccccc5c4)n3)cc2C12C1CC3CC(C1)CC2C3. The number of nitrogens with zero attached hydrogens (tertiary/aromatic N) is 3. The van der Waals surface area contributed by atoms with E-state index in [1.165, 1.54) is 75.6 Å². The Kier molecular flexibility index (Phi) is 7.13. The number of aromatic nitrogens is 3. The molecule has 4 bridgehead atoms. The average Bonchev–Trinajstić information content (AvgIpc) is 3.70.